The minimum atomic E-state index is -2.17. The van der Waals surface area contributed by atoms with Crippen LogP contribution in [-0.2, 0) is 26.3 Å². The number of rotatable bonds is 3. The molecule has 27 heavy (non-hydrogen) atoms. The predicted octanol–water partition coefficient (Wildman–Crippen LogP) is 0.224. The molecule has 10 heteroatoms. The van der Waals surface area contributed by atoms with Gasteiger partial charge in [0.2, 0.25) is 10.3 Å². The highest BCUT2D eigenvalue weighted by Crippen LogP contribution is 2.19. The van der Waals surface area contributed by atoms with E-state index in [9.17, 15) is 8.42 Å². The van der Waals surface area contributed by atoms with Gasteiger partial charge in [-0.1, -0.05) is 6.07 Å². The Morgan fingerprint density at radius 3 is 2.22 bits per heavy atom. The number of carboxylic acid groups (broad SMARTS) is 2. The summed E-state index contributed by atoms with van der Waals surface area (Å²) < 4.78 is 21.1. The second kappa shape index (κ2) is 11.8. The number of hydrogen-bond acceptors (Lipinski definition) is 6. The fourth-order valence-corrected chi connectivity index (χ4v) is 2.74. The summed E-state index contributed by atoms with van der Waals surface area (Å²) in [5.41, 5.74) is 8.30. The predicted molar refractivity (Wildman–Crippen MR) is 103 cm³/mol. The van der Waals surface area contributed by atoms with Crippen molar-refractivity contribution in [3.05, 3.63) is 35.5 Å². The molecule has 0 atom stereocenters. The van der Waals surface area contributed by atoms with Crippen molar-refractivity contribution in [2.45, 2.75) is 19.3 Å². The lowest BCUT2D eigenvalue weighted by Gasteiger charge is -1.97. The summed E-state index contributed by atoms with van der Waals surface area (Å²) in [5, 5.41) is 20.2. The van der Waals surface area contributed by atoms with E-state index < -0.39 is 22.2 Å². The number of carbonyl (C=O) groups is 2. The molecule has 0 unspecified atom stereocenters. The number of aromatic amines is 1. The number of aromatic nitrogens is 1. The topological polar surface area (TPSA) is 163 Å². The first kappa shape index (κ1) is 22.4. The van der Waals surface area contributed by atoms with E-state index in [0.717, 1.165) is 22.9 Å². The Bertz CT molecular complexity index is 873. The fourth-order valence-electron chi connectivity index (χ4n) is 2.37. The van der Waals surface area contributed by atoms with Gasteiger partial charge in [-0.25, -0.2) is 9.59 Å². The van der Waals surface area contributed by atoms with Gasteiger partial charge in [-0.3, -0.25) is 0 Å². The van der Waals surface area contributed by atoms with E-state index in [0.29, 0.717) is 12.1 Å². The molecule has 2 aromatic rings. The Hall–Kier alpha value is -2.69. The normalized spacial score (nSPS) is 12.3. The molecule has 0 radical (unpaired) electrons. The lowest BCUT2D eigenvalue weighted by Crippen LogP contribution is -2.09. The third-order valence-corrected chi connectivity index (χ3v) is 4.04. The number of fused-ring (bicyclic) bond motifs is 1. The van der Waals surface area contributed by atoms with E-state index in [2.05, 4.69) is 10.3 Å². The summed E-state index contributed by atoms with van der Waals surface area (Å²) >= 11 is 0. The summed E-state index contributed by atoms with van der Waals surface area (Å²) in [6.07, 6.45) is 5.47. The van der Waals surface area contributed by atoms with Crippen LogP contribution in [0.2, 0.25) is 0 Å². The molecule has 1 aliphatic heterocycles. The van der Waals surface area contributed by atoms with Gasteiger partial charge < -0.3 is 26.2 Å². The van der Waals surface area contributed by atoms with Gasteiger partial charge in [-0.05, 0) is 62.2 Å². The SMILES string of the molecule is C1CCNC1.NCCc1c[nH]c2ccc(C=S(=O)=O)cc12.O=C(O)C(=O)O. The van der Waals surface area contributed by atoms with Crippen LogP contribution in [-0.4, -0.2) is 60.6 Å². The minimum absolute atomic E-state index is 0.578. The molecular formula is C17H23N3O6S. The maximum absolute atomic E-state index is 10.6. The summed E-state index contributed by atoms with van der Waals surface area (Å²) in [6, 6.07) is 5.49. The van der Waals surface area contributed by atoms with Crippen LogP contribution < -0.4 is 11.1 Å². The molecule has 1 fully saturated rings. The van der Waals surface area contributed by atoms with Crippen molar-refractivity contribution in [3.63, 3.8) is 0 Å². The second-order valence-corrected chi connectivity index (χ2v) is 6.36. The van der Waals surface area contributed by atoms with Gasteiger partial charge in [0.05, 0.1) is 5.37 Å². The fraction of sp³-hybridized carbons (Fsp3) is 0.353. The van der Waals surface area contributed by atoms with Crippen molar-refractivity contribution in [2.75, 3.05) is 19.6 Å². The molecule has 9 nitrogen and oxygen atoms in total. The monoisotopic (exact) mass is 397 g/mol. The van der Waals surface area contributed by atoms with Crippen molar-refractivity contribution >= 4 is 38.5 Å². The van der Waals surface area contributed by atoms with Gasteiger partial charge in [0.25, 0.3) is 0 Å². The minimum Gasteiger partial charge on any atom is -0.473 e. The third-order valence-electron chi connectivity index (χ3n) is 3.58. The molecule has 1 aliphatic rings. The number of aliphatic carboxylic acids is 2. The standard InChI is InChI=1S/C11H12N2O2S.C4H9N.C2H2O4/c12-4-3-9-6-13-11-2-1-8(5-10(9)11)7-16(14)15;1-2-4-5-3-1;3-1(4)2(5)6/h1-2,5-7,13H,3-4,12H2;5H,1-4H2;(H,3,4)(H,5,6). The summed E-state index contributed by atoms with van der Waals surface area (Å²) in [4.78, 5) is 21.3. The number of benzene rings is 1. The van der Waals surface area contributed by atoms with Gasteiger partial charge in [0.15, 0.2) is 0 Å². The molecule has 0 saturated carbocycles. The summed E-state index contributed by atoms with van der Waals surface area (Å²) in [5.74, 6) is -3.65. The van der Waals surface area contributed by atoms with E-state index in [1.54, 1.807) is 6.07 Å². The molecule has 1 aromatic carbocycles. The third kappa shape index (κ3) is 8.49. The lowest BCUT2D eigenvalue weighted by molar-refractivity contribution is -0.159. The average Bonchev–Trinajstić information content (AvgIpc) is 3.29. The Morgan fingerprint density at radius 1 is 1.15 bits per heavy atom. The van der Waals surface area contributed by atoms with Crippen molar-refractivity contribution in [3.8, 4) is 0 Å². The smallest absolute Gasteiger partial charge is 0.414 e. The largest absolute Gasteiger partial charge is 0.473 e. The van der Waals surface area contributed by atoms with Crippen LogP contribution in [0.5, 0.6) is 0 Å². The Morgan fingerprint density at radius 2 is 1.78 bits per heavy atom. The van der Waals surface area contributed by atoms with Crippen LogP contribution in [0.3, 0.4) is 0 Å². The van der Waals surface area contributed by atoms with Crippen molar-refractivity contribution in [1.82, 2.24) is 10.3 Å². The van der Waals surface area contributed by atoms with Crippen LogP contribution in [0.25, 0.3) is 10.9 Å². The van der Waals surface area contributed by atoms with Crippen molar-refractivity contribution in [2.24, 2.45) is 5.73 Å². The van der Waals surface area contributed by atoms with Crippen LogP contribution in [0.15, 0.2) is 24.4 Å². The zero-order valence-corrected chi connectivity index (χ0v) is 15.5. The second-order valence-electron chi connectivity index (χ2n) is 5.60. The molecule has 2 heterocycles. The Labute approximate surface area is 157 Å². The molecule has 0 amide bonds. The van der Waals surface area contributed by atoms with Gasteiger partial charge in [0.1, 0.15) is 0 Å². The van der Waals surface area contributed by atoms with E-state index in [1.807, 2.05) is 18.3 Å². The molecule has 1 aromatic heterocycles. The van der Waals surface area contributed by atoms with E-state index in [-0.39, 0.29) is 0 Å². The summed E-state index contributed by atoms with van der Waals surface area (Å²) in [7, 11) is -2.17. The maximum atomic E-state index is 10.6. The first-order chi connectivity index (χ1) is 12.8. The maximum Gasteiger partial charge on any atom is 0.414 e. The molecular weight excluding hydrogens is 374 g/mol. The van der Waals surface area contributed by atoms with Crippen LogP contribution in [0.1, 0.15) is 24.0 Å². The van der Waals surface area contributed by atoms with Gasteiger partial charge in [0, 0.05) is 17.1 Å². The zero-order valence-electron chi connectivity index (χ0n) is 14.6. The van der Waals surface area contributed by atoms with Gasteiger partial charge in [-0.2, -0.15) is 8.42 Å². The first-order valence-electron chi connectivity index (χ1n) is 8.25. The quantitative estimate of drug-likeness (QED) is 0.363. The van der Waals surface area contributed by atoms with Crippen molar-refractivity contribution in [1.29, 1.82) is 0 Å². The molecule has 3 rings (SSSR count). The van der Waals surface area contributed by atoms with Gasteiger partial charge in [-0.15, -0.1) is 0 Å². The first-order valence-corrected chi connectivity index (χ1v) is 9.39. The number of carboxylic acids is 2. The van der Waals surface area contributed by atoms with Crippen LogP contribution >= 0.6 is 0 Å². The molecule has 148 valence electrons. The Balaban J connectivity index is 0.000000271. The van der Waals surface area contributed by atoms with E-state index in [1.165, 1.54) is 31.3 Å². The number of hydrogen-bond donors (Lipinski definition) is 5. The lowest BCUT2D eigenvalue weighted by atomic mass is 10.1. The molecule has 0 aliphatic carbocycles. The number of nitrogens with one attached hydrogen (secondary N) is 2. The molecule has 6 N–H and O–H groups in total. The summed E-state index contributed by atoms with van der Waals surface area (Å²) in [6.45, 7) is 3.08. The molecule has 0 bridgehead atoms. The highest BCUT2D eigenvalue weighted by Gasteiger charge is 2.04. The molecule has 0 spiro atoms. The zero-order chi connectivity index (χ0) is 20.2. The van der Waals surface area contributed by atoms with Crippen LogP contribution in [0.4, 0.5) is 0 Å². The van der Waals surface area contributed by atoms with E-state index >= 15 is 0 Å². The highest BCUT2D eigenvalue weighted by atomic mass is 32.2. The van der Waals surface area contributed by atoms with Crippen molar-refractivity contribution < 1.29 is 28.2 Å². The average molecular weight is 397 g/mol. The number of nitrogens with two attached hydrogens (primary N) is 1. The Kier molecular flexibility index (Phi) is 9.80. The van der Waals surface area contributed by atoms with E-state index in [4.69, 9.17) is 25.5 Å². The molecule has 1 saturated heterocycles. The van der Waals surface area contributed by atoms with Crippen LogP contribution in [0, 0.1) is 0 Å². The van der Waals surface area contributed by atoms with Gasteiger partial charge >= 0.3 is 11.9 Å². The highest BCUT2D eigenvalue weighted by molar-refractivity contribution is 7.71. The number of H-pyrrole nitrogens is 1.